The van der Waals surface area contributed by atoms with Crippen LogP contribution in [0.25, 0.3) is 6.08 Å². The first-order valence-corrected chi connectivity index (χ1v) is 14.8. The summed E-state index contributed by atoms with van der Waals surface area (Å²) in [5, 5.41) is 2.96. The van der Waals surface area contributed by atoms with E-state index in [2.05, 4.69) is 27.9 Å². The van der Waals surface area contributed by atoms with Crippen LogP contribution in [-0.2, 0) is 16.2 Å². The molecule has 208 valence electrons. The highest BCUT2D eigenvalue weighted by molar-refractivity contribution is 14.1. The molecule has 10 heteroatoms. The Kier molecular flexibility index (Phi) is 9.81. The van der Waals surface area contributed by atoms with Crippen LogP contribution in [-0.4, -0.2) is 35.1 Å². The van der Waals surface area contributed by atoms with Gasteiger partial charge in [-0.25, -0.2) is 0 Å². The molecule has 4 rings (SSSR count). The van der Waals surface area contributed by atoms with Crippen LogP contribution in [0, 0.1) is 24.3 Å². The van der Waals surface area contributed by atoms with Crippen LogP contribution in [0.1, 0.15) is 34.7 Å². The minimum absolute atomic E-state index is 0.225. The summed E-state index contributed by atoms with van der Waals surface area (Å²) in [5.74, 6) is 0.113. The number of hydrogen-bond donors (Lipinski definition) is 1. The van der Waals surface area contributed by atoms with Crippen LogP contribution in [0.2, 0.25) is 5.02 Å². The molecule has 7 nitrogen and oxygen atoms in total. The predicted molar refractivity (Wildman–Crippen MR) is 168 cm³/mol. The highest BCUT2D eigenvalue weighted by atomic mass is 127. The fourth-order valence-corrected chi connectivity index (χ4v) is 6.14. The summed E-state index contributed by atoms with van der Waals surface area (Å²) in [6.07, 6.45) is 1.62. The number of anilines is 1. The number of halogens is 2. The first-order chi connectivity index (χ1) is 19.1. The highest BCUT2D eigenvalue weighted by Gasteiger charge is 2.36. The van der Waals surface area contributed by atoms with Gasteiger partial charge in [0.2, 0.25) is 5.91 Å². The molecule has 0 atom stereocenters. The van der Waals surface area contributed by atoms with Gasteiger partial charge in [-0.1, -0.05) is 47.5 Å². The quantitative estimate of drug-likeness (QED) is 0.185. The largest absolute Gasteiger partial charge is 0.490 e. The maximum Gasteiger partial charge on any atom is 0.294 e. The molecule has 1 N–H and O–H groups in total. The average Bonchev–Trinajstić information content (AvgIpc) is 3.14. The number of nitrogens with one attached hydrogen (secondary N) is 1. The molecule has 1 fully saturated rings. The molecule has 3 amide bonds. The van der Waals surface area contributed by atoms with Gasteiger partial charge in [0.1, 0.15) is 13.2 Å². The molecule has 0 radical (unpaired) electrons. The second kappa shape index (κ2) is 13.1. The molecule has 40 heavy (non-hydrogen) atoms. The maximum absolute atomic E-state index is 13.1. The number of hydrogen-bond acceptors (Lipinski definition) is 6. The highest BCUT2D eigenvalue weighted by Crippen LogP contribution is 2.38. The first-order valence-electron chi connectivity index (χ1n) is 12.5. The Labute approximate surface area is 256 Å². The van der Waals surface area contributed by atoms with E-state index in [0.717, 1.165) is 42.5 Å². The number of aryl methyl sites for hydroxylation is 3. The molecule has 3 aromatic carbocycles. The van der Waals surface area contributed by atoms with Crippen molar-refractivity contribution >= 4 is 74.8 Å². The number of thioether (sulfide) groups is 1. The fraction of sp³-hybridized carbons (Fsp3) is 0.233. The zero-order valence-corrected chi connectivity index (χ0v) is 26.2. The van der Waals surface area contributed by atoms with Gasteiger partial charge in [0.05, 0.1) is 15.1 Å². The van der Waals surface area contributed by atoms with E-state index in [1.165, 1.54) is 0 Å². The van der Waals surface area contributed by atoms with Gasteiger partial charge in [-0.2, -0.15) is 0 Å². The average molecular weight is 691 g/mol. The lowest BCUT2D eigenvalue weighted by Gasteiger charge is -2.16. The Morgan fingerprint density at radius 3 is 2.45 bits per heavy atom. The zero-order valence-electron chi connectivity index (χ0n) is 22.5. The second-order valence-electron chi connectivity index (χ2n) is 9.23. The van der Waals surface area contributed by atoms with E-state index < -0.39 is 17.1 Å². The molecule has 0 saturated carbocycles. The summed E-state index contributed by atoms with van der Waals surface area (Å²) in [4.78, 5) is 39.7. The molecule has 1 aliphatic rings. The number of rotatable bonds is 9. The summed E-state index contributed by atoms with van der Waals surface area (Å²) in [5.41, 5.74) is 5.12. The van der Waals surface area contributed by atoms with E-state index in [-0.39, 0.29) is 18.1 Å². The van der Waals surface area contributed by atoms with Crippen molar-refractivity contribution in [3.63, 3.8) is 0 Å². The molecule has 1 heterocycles. The second-order valence-corrected chi connectivity index (χ2v) is 11.8. The molecule has 0 spiro atoms. The van der Waals surface area contributed by atoms with Crippen LogP contribution >= 0.6 is 46.0 Å². The topological polar surface area (TPSA) is 84.9 Å². The third kappa shape index (κ3) is 7.00. The van der Waals surface area contributed by atoms with Crippen LogP contribution < -0.4 is 14.8 Å². The van der Waals surface area contributed by atoms with Crippen molar-refractivity contribution in [1.82, 2.24) is 4.90 Å². The molecule has 0 bridgehead atoms. The number of ether oxygens (including phenoxy) is 2. The van der Waals surface area contributed by atoms with Crippen LogP contribution in [0.15, 0.2) is 53.4 Å². The van der Waals surface area contributed by atoms with Gasteiger partial charge in [-0.05, 0) is 103 Å². The Hall–Kier alpha value is -3.02. The van der Waals surface area contributed by atoms with Crippen molar-refractivity contribution in [3.05, 3.63) is 89.8 Å². The third-order valence-electron chi connectivity index (χ3n) is 6.08. The van der Waals surface area contributed by atoms with Crippen LogP contribution in [0.3, 0.4) is 0 Å². The normalized spacial score (nSPS) is 14.2. The van der Waals surface area contributed by atoms with E-state index >= 15 is 0 Å². The minimum atomic E-state index is -0.519. The van der Waals surface area contributed by atoms with E-state index in [0.29, 0.717) is 34.4 Å². The summed E-state index contributed by atoms with van der Waals surface area (Å²) >= 11 is 9.22. The Morgan fingerprint density at radius 2 is 1.77 bits per heavy atom. The summed E-state index contributed by atoms with van der Waals surface area (Å²) in [7, 11) is 0. The van der Waals surface area contributed by atoms with Gasteiger partial charge in [-0.3, -0.25) is 19.3 Å². The lowest BCUT2D eigenvalue weighted by molar-refractivity contribution is -0.127. The molecule has 0 unspecified atom stereocenters. The molecule has 0 aliphatic carbocycles. The number of carbonyl (C=O) groups excluding carboxylic acids is 3. The predicted octanol–water partition coefficient (Wildman–Crippen LogP) is 7.52. The summed E-state index contributed by atoms with van der Waals surface area (Å²) in [6, 6.07) is 15.0. The Morgan fingerprint density at radius 1 is 1.07 bits per heavy atom. The van der Waals surface area contributed by atoms with Gasteiger partial charge in [0.15, 0.2) is 11.5 Å². The molecular formula is C30H28ClIN2O5S. The number of amides is 3. The first kappa shape index (κ1) is 30.0. The van der Waals surface area contributed by atoms with E-state index in [1.807, 2.05) is 64.1 Å². The van der Waals surface area contributed by atoms with Gasteiger partial charge in [0, 0.05) is 16.3 Å². The number of carbonyl (C=O) groups is 3. The standard InChI is InChI=1S/C30H28ClIN2O5S/c1-5-38-24-13-20(12-23(32)28(24)39-16-21-8-6-7-9-22(21)31)14-25-29(36)34(30(37)40-25)15-26(35)33-27-18(3)10-17(2)11-19(27)4/h6-14H,5,15-16H2,1-4H3,(H,33,35)/b25-14+. The lowest BCUT2D eigenvalue weighted by atomic mass is 10.1. The molecule has 1 saturated heterocycles. The van der Waals surface area contributed by atoms with Crippen molar-refractivity contribution in [2.24, 2.45) is 0 Å². The summed E-state index contributed by atoms with van der Waals surface area (Å²) < 4.78 is 12.7. The van der Waals surface area contributed by atoms with E-state index in [1.54, 1.807) is 18.2 Å². The van der Waals surface area contributed by atoms with Crippen LogP contribution in [0.5, 0.6) is 11.5 Å². The van der Waals surface area contributed by atoms with Gasteiger partial charge in [0.25, 0.3) is 11.1 Å². The molecule has 0 aromatic heterocycles. The Bertz CT molecular complexity index is 1500. The van der Waals surface area contributed by atoms with Crippen molar-refractivity contribution in [2.45, 2.75) is 34.3 Å². The van der Waals surface area contributed by atoms with Crippen molar-refractivity contribution < 1.29 is 23.9 Å². The fourth-order valence-electron chi connectivity index (χ4n) is 4.33. The number of nitrogens with zero attached hydrogens (tertiary/aromatic N) is 1. The van der Waals surface area contributed by atoms with Gasteiger partial charge >= 0.3 is 0 Å². The smallest absolute Gasteiger partial charge is 0.294 e. The van der Waals surface area contributed by atoms with Crippen molar-refractivity contribution in [2.75, 3.05) is 18.5 Å². The van der Waals surface area contributed by atoms with Crippen LogP contribution in [0.4, 0.5) is 10.5 Å². The molecular weight excluding hydrogens is 663 g/mol. The van der Waals surface area contributed by atoms with E-state index in [9.17, 15) is 14.4 Å². The van der Waals surface area contributed by atoms with Gasteiger partial charge < -0.3 is 14.8 Å². The Balaban J connectivity index is 1.50. The monoisotopic (exact) mass is 690 g/mol. The third-order valence-corrected chi connectivity index (χ3v) is 8.15. The lowest BCUT2D eigenvalue weighted by Crippen LogP contribution is -2.36. The maximum atomic E-state index is 13.1. The van der Waals surface area contributed by atoms with Crippen molar-refractivity contribution in [3.8, 4) is 11.5 Å². The van der Waals surface area contributed by atoms with E-state index in [4.69, 9.17) is 21.1 Å². The molecule has 3 aromatic rings. The van der Waals surface area contributed by atoms with Crippen molar-refractivity contribution in [1.29, 1.82) is 0 Å². The SMILES string of the molecule is CCOc1cc(/C=C2/SC(=O)N(CC(=O)Nc3c(C)cc(C)cc3C)C2=O)cc(I)c1OCc1ccccc1Cl. The minimum Gasteiger partial charge on any atom is -0.490 e. The molecule has 1 aliphatic heterocycles. The zero-order chi connectivity index (χ0) is 29.0. The van der Waals surface area contributed by atoms with Gasteiger partial charge in [-0.15, -0.1) is 0 Å². The number of imide groups is 1. The summed E-state index contributed by atoms with van der Waals surface area (Å²) in [6.45, 7) is 7.97. The number of benzene rings is 3.